The van der Waals surface area contributed by atoms with Crippen LogP contribution < -0.4 is 4.74 Å². The first-order valence-corrected chi connectivity index (χ1v) is 7.77. The van der Waals surface area contributed by atoms with Gasteiger partial charge >= 0.3 is 0 Å². The molecule has 1 aliphatic rings. The number of ether oxygens (including phenoxy) is 2. The number of carbonyl (C=O) groups is 3. The quantitative estimate of drug-likeness (QED) is 0.435. The summed E-state index contributed by atoms with van der Waals surface area (Å²) >= 11 is 0. The molecule has 0 unspecified atom stereocenters. The Kier molecular flexibility index (Phi) is 4.59. The van der Waals surface area contributed by atoms with Crippen LogP contribution in [0.3, 0.4) is 0 Å². The Balaban J connectivity index is 1.95. The minimum absolute atomic E-state index is 0.0147. The molecule has 0 saturated heterocycles. The standard InChI is InChI=1S/C18H14N2O7/c1-19-13(9-27-11-5-3-10(4-6-11)20(24)25)12(8-21)16-17(19)14(22)7-15(26-2)18(16)23/h3-8H,9H2,1-2H3. The zero-order chi connectivity index (χ0) is 19.7. The second-order valence-corrected chi connectivity index (χ2v) is 5.71. The van der Waals surface area contributed by atoms with E-state index in [4.69, 9.17) is 9.47 Å². The van der Waals surface area contributed by atoms with Crippen molar-refractivity contribution in [3.05, 3.63) is 68.7 Å². The molecule has 1 aliphatic carbocycles. The molecule has 0 radical (unpaired) electrons. The third kappa shape index (κ3) is 2.99. The van der Waals surface area contributed by atoms with Crippen LogP contribution in [0.15, 0.2) is 36.1 Å². The predicted octanol–water partition coefficient (Wildman–Crippen LogP) is 2.23. The zero-order valence-electron chi connectivity index (χ0n) is 14.4. The van der Waals surface area contributed by atoms with Gasteiger partial charge in [0, 0.05) is 25.3 Å². The van der Waals surface area contributed by atoms with E-state index in [-0.39, 0.29) is 34.9 Å². The average Bonchev–Trinajstić information content (AvgIpc) is 2.95. The monoisotopic (exact) mass is 370 g/mol. The topological polar surface area (TPSA) is 118 Å². The van der Waals surface area contributed by atoms with Gasteiger partial charge in [-0.3, -0.25) is 24.5 Å². The molecular weight excluding hydrogens is 356 g/mol. The van der Waals surface area contributed by atoms with Crippen molar-refractivity contribution in [2.24, 2.45) is 7.05 Å². The summed E-state index contributed by atoms with van der Waals surface area (Å²) in [6.07, 6.45) is 1.58. The minimum atomic E-state index is -0.550. The Morgan fingerprint density at radius 1 is 1.22 bits per heavy atom. The number of nitro benzene ring substituents is 1. The zero-order valence-corrected chi connectivity index (χ0v) is 14.4. The van der Waals surface area contributed by atoms with E-state index < -0.39 is 16.5 Å². The number of allylic oxidation sites excluding steroid dienone is 2. The summed E-state index contributed by atoms with van der Waals surface area (Å²) in [5, 5.41) is 10.7. The highest BCUT2D eigenvalue weighted by Gasteiger charge is 2.35. The SMILES string of the molecule is COC1=CC(=O)c2c(c(C=O)c(COc3ccc([N+](=O)[O-])cc3)n2C)C1=O. The van der Waals surface area contributed by atoms with Crippen molar-refractivity contribution in [3.8, 4) is 5.75 Å². The lowest BCUT2D eigenvalue weighted by Crippen LogP contribution is -2.20. The van der Waals surface area contributed by atoms with E-state index in [0.29, 0.717) is 17.7 Å². The maximum atomic E-state index is 12.5. The Morgan fingerprint density at radius 2 is 1.89 bits per heavy atom. The molecule has 9 nitrogen and oxygen atoms in total. The van der Waals surface area contributed by atoms with Gasteiger partial charge in [-0.1, -0.05) is 0 Å². The molecular formula is C18H14N2O7. The molecule has 0 N–H and O–H groups in total. The summed E-state index contributed by atoms with van der Waals surface area (Å²) in [6.45, 7) is -0.113. The van der Waals surface area contributed by atoms with E-state index in [1.807, 2.05) is 0 Å². The van der Waals surface area contributed by atoms with Crippen molar-refractivity contribution in [1.82, 2.24) is 4.57 Å². The van der Waals surface area contributed by atoms with Crippen LogP contribution >= 0.6 is 0 Å². The predicted molar refractivity (Wildman–Crippen MR) is 92.0 cm³/mol. The number of Topliss-reactive ketones (excluding diaryl/α,β-unsaturated/α-hetero) is 1. The Bertz CT molecular complexity index is 1000. The molecule has 0 spiro atoms. The fraction of sp³-hybridized carbons (Fsp3) is 0.167. The number of ketones is 2. The summed E-state index contributed by atoms with van der Waals surface area (Å²) in [4.78, 5) is 46.6. The Morgan fingerprint density at radius 3 is 2.44 bits per heavy atom. The third-order valence-corrected chi connectivity index (χ3v) is 4.26. The second kappa shape index (κ2) is 6.87. The number of non-ortho nitro benzene ring substituents is 1. The van der Waals surface area contributed by atoms with Crippen LogP contribution in [0, 0.1) is 10.1 Å². The summed E-state index contributed by atoms with van der Waals surface area (Å²) in [5.41, 5.74) is 0.375. The number of methoxy groups -OCH3 is 1. The fourth-order valence-electron chi connectivity index (χ4n) is 2.92. The largest absolute Gasteiger partial charge is 0.492 e. The first-order valence-electron chi connectivity index (χ1n) is 7.77. The van der Waals surface area contributed by atoms with Gasteiger partial charge in [-0.2, -0.15) is 0 Å². The van der Waals surface area contributed by atoms with E-state index in [9.17, 15) is 24.5 Å². The number of aldehydes is 1. The summed E-state index contributed by atoms with van der Waals surface area (Å²) < 4.78 is 11.9. The van der Waals surface area contributed by atoms with Gasteiger partial charge in [0.15, 0.2) is 12.0 Å². The number of hydrogen-bond acceptors (Lipinski definition) is 7. The molecule has 0 fully saturated rings. The summed E-state index contributed by atoms with van der Waals surface area (Å²) in [6, 6.07) is 5.41. The van der Waals surface area contributed by atoms with Crippen LogP contribution in [0.1, 0.15) is 36.9 Å². The number of carbonyl (C=O) groups excluding carboxylic acids is 3. The first kappa shape index (κ1) is 18.1. The van der Waals surface area contributed by atoms with Crippen molar-refractivity contribution in [2.45, 2.75) is 6.61 Å². The fourth-order valence-corrected chi connectivity index (χ4v) is 2.92. The first-order chi connectivity index (χ1) is 12.9. The Labute approximate surface area is 152 Å². The summed E-state index contributed by atoms with van der Waals surface area (Å²) in [5.74, 6) is -0.797. The smallest absolute Gasteiger partial charge is 0.269 e. The van der Waals surface area contributed by atoms with Gasteiger partial charge in [0.2, 0.25) is 11.6 Å². The molecule has 27 heavy (non-hydrogen) atoms. The number of fused-ring (bicyclic) bond motifs is 1. The number of nitro groups is 1. The lowest BCUT2D eigenvalue weighted by Gasteiger charge is -2.12. The highest BCUT2D eigenvalue weighted by molar-refractivity contribution is 6.25. The van der Waals surface area contributed by atoms with E-state index in [1.165, 1.54) is 35.9 Å². The molecule has 0 atom stereocenters. The third-order valence-electron chi connectivity index (χ3n) is 4.26. The number of rotatable bonds is 6. The van der Waals surface area contributed by atoms with Crippen molar-refractivity contribution >= 4 is 23.5 Å². The van der Waals surface area contributed by atoms with Gasteiger partial charge < -0.3 is 14.0 Å². The maximum Gasteiger partial charge on any atom is 0.269 e. The van der Waals surface area contributed by atoms with Crippen molar-refractivity contribution in [3.63, 3.8) is 0 Å². The second-order valence-electron chi connectivity index (χ2n) is 5.71. The van der Waals surface area contributed by atoms with Crippen LogP contribution in [0.25, 0.3) is 0 Å². The van der Waals surface area contributed by atoms with Crippen molar-refractivity contribution < 1.29 is 28.8 Å². The molecule has 1 aromatic heterocycles. The molecule has 3 rings (SSSR count). The normalized spacial score (nSPS) is 13.0. The van der Waals surface area contributed by atoms with E-state index in [0.717, 1.165) is 6.08 Å². The molecule has 0 saturated carbocycles. The van der Waals surface area contributed by atoms with Crippen LogP contribution in [0.2, 0.25) is 0 Å². The van der Waals surface area contributed by atoms with Crippen LogP contribution in [0.4, 0.5) is 5.69 Å². The number of nitrogens with zero attached hydrogens (tertiary/aromatic N) is 2. The van der Waals surface area contributed by atoms with Gasteiger partial charge in [-0.15, -0.1) is 0 Å². The van der Waals surface area contributed by atoms with E-state index in [2.05, 4.69) is 0 Å². The van der Waals surface area contributed by atoms with Crippen LogP contribution in [0.5, 0.6) is 5.75 Å². The molecule has 1 heterocycles. The molecule has 2 aromatic rings. The van der Waals surface area contributed by atoms with E-state index >= 15 is 0 Å². The molecule has 0 amide bonds. The van der Waals surface area contributed by atoms with Crippen LogP contribution in [-0.2, 0) is 18.4 Å². The van der Waals surface area contributed by atoms with Gasteiger partial charge in [0.25, 0.3) is 5.69 Å². The molecule has 1 aromatic carbocycles. The number of hydrogen-bond donors (Lipinski definition) is 0. The number of benzene rings is 1. The molecule has 138 valence electrons. The lowest BCUT2D eigenvalue weighted by atomic mass is 9.96. The Hall–Kier alpha value is -3.75. The molecule has 0 bridgehead atoms. The molecule has 9 heteroatoms. The highest BCUT2D eigenvalue weighted by atomic mass is 16.6. The van der Waals surface area contributed by atoms with Crippen LogP contribution in [-0.4, -0.2) is 34.5 Å². The van der Waals surface area contributed by atoms with Gasteiger partial charge in [-0.25, -0.2) is 0 Å². The minimum Gasteiger partial charge on any atom is -0.492 e. The van der Waals surface area contributed by atoms with E-state index in [1.54, 1.807) is 7.05 Å². The molecule has 0 aliphatic heterocycles. The highest BCUT2D eigenvalue weighted by Crippen LogP contribution is 2.29. The average molecular weight is 370 g/mol. The van der Waals surface area contributed by atoms with Crippen molar-refractivity contribution in [2.75, 3.05) is 7.11 Å². The van der Waals surface area contributed by atoms with Gasteiger partial charge in [0.05, 0.1) is 28.9 Å². The van der Waals surface area contributed by atoms with Gasteiger partial charge in [-0.05, 0) is 12.1 Å². The van der Waals surface area contributed by atoms with Gasteiger partial charge in [0.1, 0.15) is 18.1 Å². The maximum absolute atomic E-state index is 12.5. The lowest BCUT2D eigenvalue weighted by molar-refractivity contribution is -0.384. The summed E-state index contributed by atoms with van der Waals surface area (Å²) in [7, 11) is 2.82. The van der Waals surface area contributed by atoms with Crippen molar-refractivity contribution in [1.29, 1.82) is 0 Å². The number of aromatic nitrogens is 1.